The van der Waals surface area contributed by atoms with Crippen molar-refractivity contribution in [3.8, 4) is 5.75 Å². The van der Waals surface area contributed by atoms with Crippen molar-refractivity contribution in [2.24, 2.45) is 0 Å². The van der Waals surface area contributed by atoms with Gasteiger partial charge in [-0.2, -0.15) is 0 Å². The largest absolute Gasteiger partial charge is 0.506 e. The SMILES string of the molecule is CC(C)(C)OC(=O)N1CCN(c2ncc3ncnc(Nc4ccc(O)c(Cl)c4F)c3n2)CC12CC2. The molecule has 1 saturated heterocycles. The lowest BCUT2D eigenvalue weighted by Crippen LogP contribution is -2.58. The summed E-state index contributed by atoms with van der Waals surface area (Å²) in [6.45, 7) is 7.17. The van der Waals surface area contributed by atoms with E-state index in [9.17, 15) is 14.3 Å². The first-order valence-electron chi connectivity index (χ1n) is 11.2. The summed E-state index contributed by atoms with van der Waals surface area (Å²) in [5, 5.41) is 12.1. The maximum absolute atomic E-state index is 14.5. The lowest BCUT2D eigenvalue weighted by atomic mass is 10.1. The van der Waals surface area contributed by atoms with Gasteiger partial charge in [0, 0.05) is 19.6 Å². The molecule has 2 N–H and O–H groups in total. The minimum atomic E-state index is -0.804. The number of hydrogen-bond donors (Lipinski definition) is 2. The highest BCUT2D eigenvalue weighted by atomic mass is 35.5. The van der Waals surface area contributed by atoms with Crippen LogP contribution in [0.1, 0.15) is 33.6 Å². The van der Waals surface area contributed by atoms with Gasteiger partial charge in [0.25, 0.3) is 0 Å². The lowest BCUT2D eigenvalue weighted by molar-refractivity contribution is 0.0105. The molecule has 1 aliphatic carbocycles. The molecule has 0 unspecified atom stereocenters. The van der Waals surface area contributed by atoms with E-state index < -0.39 is 11.4 Å². The number of halogens is 2. The summed E-state index contributed by atoms with van der Waals surface area (Å²) in [6, 6.07) is 2.65. The van der Waals surface area contributed by atoms with Gasteiger partial charge >= 0.3 is 6.09 Å². The summed E-state index contributed by atoms with van der Waals surface area (Å²) in [5.41, 5.74) is 0.0663. The van der Waals surface area contributed by atoms with Crippen LogP contribution in [-0.4, -0.2) is 66.8 Å². The zero-order chi connectivity index (χ0) is 25.0. The maximum atomic E-state index is 14.5. The average molecular weight is 502 g/mol. The molecule has 184 valence electrons. The third kappa shape index (κ3) is 4.47. The van der Waals surface area contributed by atoms with Crippen LogP contribution in [0.25, 0.3) is 11.0 Å². The Kier molecular flexibility index (Phi) is 5.54. The van der Waals surface area contributed by atoms with Crippen molar-refractivity contribution >= 4 is 46.2 Å². The summed E-state index contributed by atoms with van der Waals surface area (Å²) in [7, 11) is 0. The molecule has 1 aliphatic heterocycles. The number of ether oxygens (including phenoxy) is 1. The zero-order valence-corrected chi connectivity index (χ0v) is 20.3. The fraction of sp³-hybridized carbons (Fsp3) is 0.435. The monoisotopic (exact) mass is 501 g/mol. The number of piperazine rings is 1. The Morgan fingerprint density at radius 3 is 2.71 bits per heavy atom. The maximum Gasteiger partial charge on any atom is 0.410 e. The quantitative estimate of drug-likeness (QED) is 0.508. The van der Waals surface area contributed by atoms with Gasteiger partial charge < -0.3 is 20.1 Å². The minimum Gasteiger partial charge on any atom is -0.506 e. The van der Waals surface area contributed by atoms with Crippen LogP contribution in [0.3, 0.4) is 0 Å². The molecule has 1 aromatic carbocycles. The molecule has 2 fully saturated rings. The molecule has 0 radical (unpaired) electrons. The highest BCUT2D eigenvalue weighted by molar-refractivity contribution is 6.32. The Hall–Kier alpha value is -3.47. The summed E-state index contributed by atoms with van der Waals surface area (Å²) in [4.78, 5) is 34.2. The van der Waals surface area contributed by atoms with Crippen molar-refractivity contribution in [1.82, 2.24) is 24.8 Å². The summed E-state index contributed by atoms with van der Waals surface area (Å²) >= 11 is 5.83. The normalized spacial score (nSPS) is 17.1. The Balaban J connectivity index is 1.41. The number of carbonyl (C=O) groups is 1. The summed E-state index contributed by atoms with van der Waals surface area (Å²) in [6.07, 6.45) is 4.38. The Morgan fingerprint density at radius 1 is 1.23 bits per heavy atom. The molecule has 35 heavy (non-hydrogen) atoms. The number of phenolic OH excluding ortho intramolecular Hbond substituents is 1. The molecule has 12 heteroatoms. The number of aromatic nitrogens is 4. The van der Waals surface area contributed by atoms with Crippen LogP contribution < -0.4 is 10.2 Å². The Morgan fingerprint density at radius 2 is 2.00 bits per heavy atom. The van der Waals surface area contributed by atoms with Gasteiger partial charge in [-0.15, -0.1) is 0 Å². The number of anilines is 3. The van der Waals surface area contributed by atoms with Gasteiger partial charge in [0.05, 0.1) is 17.4 Å². The summed E-state index contributed by atoms with van der Waals surface area (Å²) < 4.78 is 20.1. The van der Waals surface area contributed by atoms with Crippen LogP contribution in [0.15, 0.2) is 24.7 Å². The third-order valence-corrected chi connectivity index (χ3v) is 6.41. The van der Waals surface area contributed by atoms with Gasteiger partial charge in [-0.3, -0.25) is 4.90 Å². The highest BCUT2D eigenvalue weighted by Crippen LogP contribution is 2.45. The molecular weight excluding hydrogens is 477 g/mol. The summed E-state index contributed by atoms with van der Waals surface area (Å²) in [5.74, 6) is -0.421. The number of nitrogens with one attached hydrogen (secondary N) is 1. The predicted molar refractivity (Wildman–Crippen MR) is 129 cm³/mol. The molecule has 1 spiro atoms. The molecule has 5 rings (SSSR count). The van der Waals surface area contributed by atoms with Crippen molar-refractivity contribution in [3.05, 3.63) is 35.5 Å². The van der Waals surface area contributed by atoms with E-state index in [1.54, 1.807) is 6.20 Å². The Labute approximate surface area is 206 Å². The van der Waals surface area contributed by atoms with Gasteiger partial charge in [0.2, 0.25) is 5.95 Å². The van der Waals surface area contributed by atoms with Gasteiger partial charge in [0.1, 0.15) is 33.7 Å². The Bertz CT molecular complexity index is 1310. The van der Waals surface area contributed by atoms with E-state index in [1.807, 2.05) is 30.6 Å². The fourth-order valence-electron chi connectivity index (χ4n) is 4.17. The van der Waals surface area contributed by atoms with Crippen LogP contribution in [-0.2, 0) is 4.74 Å². The van der Waals surface area contributed by atoms with Crippen LogP contribution in [0.4, 0.5) is 26.6 Å². The number of hydrogen-bond acceptors (Lipinski definition) is 9. The second-order valence-electron chi connectivity index (χ2n) is 9.79. The van der Waals surface area contributed by atoms with Crippen molar-refractivity contribution in [2.75, 3.05) is 29.9 Å². The number of nitrogens with zero attached hydrogens (tertiary/aromatic N) is 6. The van der Waals surface area contributed by atoms with E-state index in [1.165, 1.54) is 18.5 Å². The number of amides is 1. The number of phenols is 1. The zero-order valence-electron chi connectivity index (χ0n) is 19.5. The third-order valence-electron chi connectivity index (χ3n) is 6.05. The van der Waals surface area contributed by atoms with Gasteiger partial charge in [-0.1, -0.05) is 11.6 Å². The lowest BCUT2D eigenvalue weighted by Gasteiger charge is -2.42. The van der Waals surface area contributed by atoms with Gasteiger partial charge in [-0.05, 0) is 45.7 Å². The molecule has 0 atom stereocenters. The van der Waals surface area contributed by atoms with Crippen LogP contribution >= 0.6 is 11.6 Å². The second-order valence-corrected chi connectivity index (χ2v) is 10.2. The molecule has 1 amide bonds. The number of fused-ring (bicyclic) bond motifs is 1. The topological polar surface area (TPSA) is 117 Å². The van der Waals surface area contributed by atoms with Gasteiger partial charge in [-0.25, -0.2) is 29.1 Å². The van der Waals surface area contributed by atoms with Crippen LogP contribution in [0.2, 0.25) is 5.02 Å². The second kappa shape index (κ2) is 8.33. The minimum absolute atomic E-state index is 0.0378. The van der Waals surface area contributed by atoms with E-state index in [4.69, 9.17) is 16.3 Å². The number of rotatable bonds is 3. The molecule has 0 bridgehead atoms. The van der Waals surface area contributed by atoms with Crippen LogP contribution in [0, 0.1) is 5.82 Å². The fourth-order valence-corrected chi connectivity index (χ4v) is 4.34. The standard InChI is InChI=1S/C23H25ClFN7O3/c1-22(2,3)35-21(34)32-9-8-31(11-23(32)6-7-23)20-26-10-14-18(30-20)19(28-12-27-14)29-13-4-5-15(33)16(24)17(13)25/h4-5,10,12,33H,6-9,11H2,1-3H3,(H,27,28,29). The van der Waals surface area contributed by atoms with E-state index in [2.05, 4.69) is 25.3 Å². The van der Waals surface area contributed by atoms with Crippen molar-refractivity contribution in [2.45, 2.75) is 44.8 Å². The van der Waals surface area contributed by atoms with E-state index >= 15 is 0 Å². The van der Waals surface area contributed by atoms with Crippen LogP contribution in [0.5, 0.6) is 5.75 Å². The first kappa shape index (κ1) is 23.3. The number of benzene rings is 1. The molecule has 3 heterocycles. The van der Waals surface area contributed by atoms with Crippen molar-refractivity contribution in [3.63, 3.8) is 0 Å². The number of carbonyl (C=O) groups excluding carboxylic acids is 1. The molecule has 3 aromatic rings. The molecule has 1 saturated carbocycles. The predicted octanol–water partition coefficient (Wildman–Crippen LogP) is 4.25. The van der Waals surface area contributed by atoms with Crippen molar-refractivity contribution < 1.29 is 19.0 Å². The van der Waals surface area contributed by atoms with E-state index in [-0.39, 0.29) is 33.9 Å². The van der Waals surface area contributed by atoms with E-state index in [0.717, 1.165) is 12.8 Å². The number of aromatic hydroxyl groups is 1. The van der Waals surface area contributed by atoms with Gasteiger partial charge in [0.15, 0.2) is 11.6 Å². The smallest absolute Gasteiger partial charge is 0.410 e. The first-order chi connectivity index (χ1) is 16.6. The highest BCUT2D eigenvalue weighted by Gasteiger charge is 2.54. The molecule has 10 nitrogen and oxygen atoms in total. The first-order valence-corrected chi connectivity index (χ1v) is 11.6. The molecule has 2 aromatic heterocycles. The van der Waals surface area contributed by atoms with E-state index in [0.29, 0.717) is 36.6 Å². The van der Waals surface area contributed by atoms with Crippen molar-refractivity contribution in [1.29, 1.82) is 0 Å². The molecular formula is C23H25ClFN7O3. The average Bonchev–Trinajstić information content (AvgIpc) is 3.57. The molecule has 2 aliphatic rings.